The summed E-state index contributed by atoms with van der Waals surface area (Å²) in [4.78, 5) is 18.9. The van der Waals surface area contributed by atoms with Gasteiger partial charge in [0.25, 0.3) is 5.69 Å². The molecule has 2 aromatic heterocycles. The second-order valence-electron chi connectivity index (χ2n) is 4.06. The Kier molecular flexibility index (Phi) is 2.49. The first kappa shape index (κ1) is 11.3. The van der Waals surface area contributed by atoms with E-state index in [-0.39, 0.29) is 5.69 Å². The first-order valence-corrected chi connectivity index (χ1v) is 5.61. The number of nitrogens with zero attached hydrogens (tertiary/aromatic N) is 3. The number of hydrogen-bond donors (Lipinski definition) is 0. The highest BCUT2D eigenvalue weighted by Gasteiger charge is 2.21. The van der Waals surface area contributed by atoms with Crippen molar-refractivity contribution in [2.24, 2.45) is 0 Å². The number of rotatable bonds is 2. The Morgan fingerprint density at radius 1 is 1.26 bits per heavy atom. The number of aromatic nitrogens is 2. The molecule has 0 atom stereocenters. The van der Waals surface area contributed by atoms with Crippen molar-refractivity contribution in [2.45, 2.75) is 6.92 Å². The minimum absolute atomic E-state index is 0.0102. The Morgan fingerprint density at radius 2 is 2.11 bits per heavy atom. The van der Waals surface area contributed by atoms with Gasteiger partial charge in [-0.2, -0.15) is 0 Å². The molecule has 6 nitrogen and oxygen atoms in total. The molecule has 0 spiro atoms. The SMILES string of the molecule is Cc1ncc(-c2ccc3cnccc3c2[N+](=O)[O-])o1. The monoisotopic (exact) mass is 255 g/mol. The molecule has 1 aromatic carbocycles. The van der Waals surface area contributed by atoms with Crippen LogP contribution in [-0.4, -0.2) is 14.9 Å². The van der Waals surface area contributed by atoms with Crippen molar-refractivity contribution in [3.05, 3.63) is 52.8 Å². The van der Waals surface area contributed by atoms with Gasteiger partial charge in [-0.3, -0.25) is 15.1 Å². The number of oxazole rings is 1. The van der Waals surface area contributed by atoms with Crippen molar-refractivity contribution >= 4 is 16.5 Å². The summed E-state index contributed by atoms with van der Waals surface area (Å²) < 4.78 is 5.38. The van der Waals surface area contributed by atoms with Gasteiger partial charge in [-0.05, 0) is 12.1 Å². The molecule has 0 saturated carbocycles. The Labute approximate surface area is 107 Å². The van der Waals surface area contributed by atoms with Gasteiger partial charge >= 0.3 is 0 Å². The van der Waals surface area contributed by atoms with Crippen LogP contribution in [0.4, 0.5) is 5.69 Å². The molecule has 2 heterocycles. The second-order valence-corrected chi connectivity index (χ2v) is 4.06. The minimum Gasteiger partial charge on any atom is -0.441 e. The highest BCUT2D eigenvalue weighted by Crippen LogP contribution is 2.36. The van der Waals surface area contributed by atoms with E-state index in [4.69, 9.17) is 4.42 Å². The van der Waals surface area contributed by atoms with Crippen molar-refractivity contribution in [3.63, 3.8) is 0 Å². The standard InChI is InChI=1S/C13H9N3O3/c1-8-15-7-12(19-8)11-3-2-9-6-14-5-4-10(9)13(11)16(17)18/h2-7H,1H3. The lowest BCUT2D eigenvalue weighted by Crippen LogP contribution is -1.93. The molecule has 3 aromatic rings. The topological polar surface area (TPSA) is 82.1 Å². The number of pyridine rings is 1. The maximum absolute atomic E-state index is 11.3. The van der Waals surface area contributed by atoms with Gasteiger partial charge in [-0.15, -0.1) is 0 Å². The van der Waals surface area contributed by atoms with Crippen LogP contribution in [-0.2, 0) is 0 Å². The molecule has 0 aliphatic carbocycles. The van der Waals surface area contributed by atoms with Crippen LogP contribution in [0, 0.1) is 17.0 Å². The van der Waals surface area contributed by atoms with Crippen molar-refractivity contribution < 1.29 is 9.34 Å². The molecule has 0 bridgehead atoms. The van der Waals surface area contributed by atoms with Crippen LogP contribution in [0.2, 0.25) is 0 Å². The van der Waals surface area contributed by atoms with E-state index in [1.165, 1.54) is 12.4 Å². The lowest BCUT2D eigenvalue weighted by Gasteiger charge is -2.03. The first-order chi connectivity index (χ1) is 9.16. The third-order valence-corrected chi connectivity index (χ3v) is 2.86. The van der Waals surface area contributed by atoms with Crippen LogP contribution < -0.4 is 0 Å². The predicted molar refractivity (Wildman–Crippen MR) is 68.6 cm³/mol. The maximum atomic E-state index is 11.3. The van der Waals surface area contributed by atoms with Gasteiger partial charge < -0.3 is 4.42 Å². The molecule has 3 rings (SSSR count). The van der Waals surface area contributed by atoms with E-state index in [9.17, 15) is 10.1 Å². The third kappa shape index (κ3) is 1.83. The molecule has 0 aliphatic rings. The molecule has 6 heteroatoms. The number of nitro groups is 1. The van der Waals surface area contributed by atoms with Gasteiger partial charge in [0, 0.05) is 24.7 Å². The summed E-state index contributed by atoms with van der Waals surface area (Å²) in [6, 6.07) is 5.06. The molecule has 0 unspecified atom stereocenters. The molecule has 0 amide bonds. The van der Waals surface area contributed by atoms with E-state index in [1.807, 2.05) is 0 Å². The second kappa shape index (κ2) is 4.16. The summed E-state index contributed by atoms with van der Waals surface area (Å²) in [7, 11) is 0. The fourth-order valence-electron chi connectivity index (χ4n) is 2.03. The zero-order chi connectivity index (χ0) is 13.4. The molecule has 0 radical (unpaired) electrons. The molecule has 0 saturated heterocycles. The molecule has 0 fully saturated rings. The highest BCUT2D eigenvalue weighted by molar-refractivity contribution is 5.96. The Balaban J connectivity index is 2.36. The fourth-order valence-corrected chi connectivity index (χ4v) is 2.03. The van der Waals surface area contributed by atoms with Crippen molar-refractivity contribution in [1.82, 2.24) is 9.97 Å². The molecule has 0 aliphatic heterocycles. The van der Waals surface area contributed by atoms with Gasteiger partial charge in [0.05, 0.1) is 22.1 Å². The lowest BCUT2D eigenvalue weighted by molar-refractivity contribution is -0.382. The Bertz CT molecular complexity index is 780. The number of fused-ring (bicyclic) bond motifs is 1. The quantitative estimate of drug-likeness (QED) is 0.519. The van der Waals surface area contributed by atoms with Gasteiger partial charge in [0.15, 0.2) is 11.7 Å². The summed E-state index contributed by atoms with van der Waals surface area (Å²) in [5.41, 5.74) is 0.431. The van der Waals surface area contributed by atoms with Crippen molar-refractivity contribution in [1.29, 1.82) is 0 Å². The Morgan fingerprint density at radius 3 is 2.79 bits per heavy atom. The van der Waals surface area contributed by atoms with E-state index in [2.05, 4.69) is 9.97 Å². The maximum Gasteiger partial charge on any atom is 0.288 e. The molecule has 19 heavy (non-hydrogen) atoms. The first-order valence-electron chi connectivity index (χ1n) is 5.61. The van der Waals surface area contributed by atoms with E-state index in [0.717, 1.165) is 0 Å². The summed E-state index contributed by atoms with van der Waals surface area (Å²) in [5.74, 6) is 0.863. The van der Waals surface area contributed by atoms with Crippen LogP contribution in [0.5, 0.6) is 0 Å². The normalized spacial score (nSPS) is 10.8. The van der Waals surface area contributed by atoms with Crippen LogP contribution in [0.3, 0.4) is 0 Å². The van der Waals surface area contributed by atoms with Crippen molar-refractivity contribution in [2.75, 3.05) is 0 Å². The minimum atomic E-state index is -0.407. The van der Waals surface area contributed by atoms with E-state index < -0.39 is 4.92 Å². The van der Waals surface area contributed by atoms with Crippen LogP contribution >= 0.6 is 0 Å². The number of aryl methyl sites for hydroxylation is 1. The average molecular weight is 255 g/mol. The van der Waals surface area contributed by atoms with Gasteiger partial charge in [0.2, 0.25) is 0 Å². The summed E-state index contributed by atoms with van der Waals surface area (Å²) in [5, 5.41) is 12.6. The zero-order valence-corrected chi connectivity index (χ0v) is 10.0. The smallest absolute Gasteiger partial charge is 0.288 e. The average Bonchev–Trinajstić information content (AvgIpc) is 2.83. The molecule has 0 N–H and O–H groups in total. The van der Waals surface area contributed by atoms with Crippen molar-refractivity contribution in [3.8, 4) is 11.3 Å². The highest BCUT2D eigenvalue weighted by atomic mass is 16.6. The molecular weight excluding hydrogens is 246 g/mol. The number of hydrogen-bond acceptors (Lipinski definition) is 5. The van der Waals surface area contributed by atoms with Crippen LogP contribution in [0.25, 0.3) is 22.1 Å². The zero-order valence-electron chi connectivity index (χ0n) is 10.0. The lowest BCUT2D eigenvalue weighted by atomic mass is 10.0. The van der Waals surface area contributed by atoms with Gasteiger partial charge in [0.1, 0.15) is 0 Å². The third-order valence-electron chi connectivity index (χ3n) is 2.86. The summed E-state index contributed by atoms with van der Waals surface area (Å²) in [6.45, 7) is 1.69. The van der Waals surface area contributed by atoms with Crippen LogP contribution in [0.1, 0.15) is 5.89 Å². The van der Waals surface area contributed by atoms with E-state index >= 15 is 0 Å². The van der Waals surface area contributed by atoms with E-state index in [0.29, 0.717) is 28.0 Å². The van der Waals surface area contributed by atoms with Gasteiger partial charge in [-0.1, -0.05) is 6.07 Å². The molecule has 94 valence electrons. The van der Waals surface area contributed by atoms with Crippen LogP contribution in [0.15, 0.2) is 41.2 Å². The number of nitro benzene ring substituents is 1. The van der Waals surface area contributed by atoms with Gasteiger partial charge in [-0.25, -0.2) is 4.98 Å². The molecular formula is C13H9N3O3. The fraction of sp³-hybridized carbons (Fsp3) is 0.0769. The largest absolute Gasteiger partial charge is 0.441 e. The van der Waals surface area contributed by atoms with E-state index in [1.54, 1.807) is 31.3 Å². The summed E-state index contributed by atoms with van der Waals surface area (Å²) in [6.07, 6.45) is 4.62. The Hall–Kier alpha value is -2.76. The number of benzene rings is 1. The summed E-state index contributed by atoms with van der Waals surface area (Å²) >= 11 is 0. The predicted octanol–water partition coefficient (Wildman–Crippen LogP) is 3.11.